The molecule has 6 heteroatoms. The van der Waals surface area contributed by atoms with Gasteiger partial charge in [-0.15, -0.1) is 0 Å². The van der Waals surface area contributed by atoms with E-state index >= 15 is 0 Å². The average molecular weight is 371 g/mol. The lowest BCUT2D eigenvalue weighted by Crippen LogP contribution is -2.36. The number of para-hydroxylation sites is 1. The number of aliphatic hydroxyl groups is 1. The molecule has 2 unspecified atom stereocenters. The van der Waals surface area contributed by atoms with Crippen LogP contribution in [-0.4, -0.2) is 41.8 Å². The summed E-state index contributed by atoms with van der Waals surface area (Å²) >= 11 is 0. The number of amides is 1. The summed E-state index contributed by atoms with van der Waals surface area (Å²) < 4.78 is 0. The zero-order valence-corrected chi connectivity index (χ0v) is 15.9. The number of carbonyl (C=O) groups is 1. The van der Waals surface area contributed by atoms with Crippen LogP contribution in [-0.2, 0) is 0 Å². The summed E-state index contributed by atoms with van der Waals surface area (Å²) in [5.74, 6) is -0.898. The Morgan fingerprint density at radius 2 is 1.93 bits per heavy atom. The molecule has 0 spiro atoms. The van der Waals surface area contributed by atoms with E-state index in [1.54, 1.807) is 6.07 Å². The van der Waals surface area contributed by atoms with Crippen molar-refractivity contribution in [2.75, 3.05) is 24.5 Å². The van der Waals surface area contributed by atoms with Crippen molar-refractivity contribution in [3.05, 3.63) is 59.7 Å². The van der Waals surface area contributed by atoms with Crippen molar-refractivity contribution in [1.82, 2.24) is 5.32 Å². The molecule has 2 rings (SSSR count). The number of nitrogens with one attached hydrogen (secondary N) is 1. The van der Waals surface area contributed by atoms with Gasteiger partial charge in [0.2, 0.25) is 0 Å². The standard InChI is InChI=1S/C21H29N3O3/c1-3-24(17-7-5-4-6-8-17)15(2)11-12-23-14-20(26)16-9-10-19(25)18(13-16)21(22)27/h4-10,13,15,20,23,25-26H,3,11-12,14H2,1-2H3,(H2,22,27). The molecule has 2 aromatic carbocycles. The van der Waals surface area contributed by atoms with Crippen molar-refractivity contribution in [3.63, 3.8) is 0 Å². The van der Waals surface area contributed by atoms with Gasteiger partial charge in [-0.25, -0.2) is 0 Å². The van der Waals surface area contributed by atoms with E-state index in [2.05, 4.69) is 36.2 Å². The number of anilines is 1. The third kappa shape index (κ3) is 5.70. The quantitative estimate of drug-likeness (QED) is 0.481. The van der Waals surface area contributed by atoms with Crippen LogP contribution in [0.4, 0.5) is 5.69 Å². The van der Waals surface area contributed by atoms with Gasteiger partial charge in [-0.3, -0.25) is 4.79 Å². The summed E-state index contributed by atoms with van der Waals surface area (Å²) in [6.45, 7) is 6.36. The van der Waals surface area contributed by atoms with Crippen molar-refractivity contribution >= 4 is 11.6 Å². The summed E-state index contributed by atoms with van der Waals surface area (Å²) in [4.78, 5) is 13.6. The van der Waals surface area contributed by atoms with Crippen LogP contribution in [0.2, 0.25) is 0 Å². The molecule has 2 aromatic rings. The minimum atomic E-state index is -0.782. The number of phenols is 1. The lowest BCUT2D eigenvalue weighted by molar-refractivity contribution is 0.0997. The van der Waals surface area contributed by atoms with Crippen LogP contribution in [0.25, 0.3) is 0 Å². The molecule has 5 N–H and O–H groups in total. The molecular weight excluding hydrogens is 342 g/mol. The van der Waals surface area contributed by atoms with Crippen molar-refractivity contribution < 1.29 is 15.0 Å². The van der Waals surface area contributed by atoms with Crippen molar-refractivity contribution in [2.24, 2.45) is 5.73 Å². The highest BCUT2D eigenvalue weighted by atomic mass is 16.3. The number of primary amides is 1. The molecule has 0 saturated carbocycles. The Kier molecular flexibility index (Phi) is 7.64. The van der Waals surface area contributed by atoms with Crippen molar-refractivity contribution in [3.8, 4) is 5.75 Å². The first-order chi connectivity index (χ1) is 12.9. The van der Waals surface area contributed by atoms with Gasteiger partial charge in [0.15, 0.2) is 0 Å². The summed E-state index contributed by atoms with van der Waals surface area (Å²) in [5.41, 5.74) is 6.99. The summed E-state index contributed by atoms with van der Waals surface area (Å²) in [7, 11) is 0. The Bertz CT molecular complexity index is 737. The zero-order valence-electron chi connectivity index (χ0n) is 15.9. The third-order valence-electron chi connectivity index (χ3n) is 4.71. The maximum Gasteiger partial charge on any atom is 0.252 e. The normalized spacial score (nSPS) is 13.1. The molecule has 0 radical (unpaired) electrons. The van der Waals surface area contributed by atoms with Gasteiger partial charge >= 0.3 is 0 Å². The van der Waals surface area contributed by atoms with Gasteiger partial charge in [0.25, 0.3) is 5.91 Å². The van der Waals surface area contributed by atoms with Crippen LogP contribution in [0.5, 0.6) is 5.75 Å². The summed E-state index contributed by atoms with van der Waals surface area (Å²) in [5, 5.41) is 23.2. The fraction of sp³-hybridized carbons (Fsp3) is 0.381. The van der Waals surface area contributed by atoms with E-state index in [0.717, 1.165) is 19.5 Å². The fourth-order valence-corrected chi connectivity index (χ4v) is 3.15. The smallest absolute Gasteiger partial charge is 0.252 e. The molecular formula is C21H29N3O3. The van der Waals surface area contributed by atoms with Crippen LogP contribution in [0.3, 0.4) is 0 Å². The maximum atomic E-state index is 11.3. The largest absolute Gasteiger partial charge is 0.507 e. The summed E-state index contributed by atoms with van der Waals surface area (Å²) in [6, 6.07) is 15.1. The number of aromatic hydroxyl groups is 1. The molecule has 1 amide bonds. The average Bonchev–Trinajstić information content (AvgIpc) is 2.66. The van der Waals surface area contributed by atoms with E-state index in [1.165, 1.54) is 17.8 Å². The predicted octanol–water partition coefficient (Wildman–Crippen LogP) is 2.42. The van der Waals surface area contributed by atoms with Gasteiger partial charge in [0, 0.05) is 24.8 Å². The maximum absolute atomic E-state index is 11.3. The molecule has 2 atom stereocenters. The van der Waals surface area contributed by atoms with E-state index in [-0.39, 0.29) is 11.3 Å². The van der Waals surface area contributed by atoms with Crippen molar-refractivity contribution in [2.45, 2.75) is 32.4 Å². The van der Waals surface area contributed by atoms with E-state index < -0.39 is 12.0 Å². The van der Waals surface area contributed by atoms with Gasteiger partial charge in [-0.05, 0) is 56.6 Å². The zero-order chi connectivity index (χ0) is 19.8. The van der Waals surface area contributed by atoms with Crippen LogP contribution in [0.1, 0.15) is 42.3 Å². The Labute approximate surface area is 160 Å². The predicted molar refractivity (Wildman–Crippen MR) is 108 cm³/mol. The number of hydrogen-bond acceptors (Lipinski definition) is 5. The molecule has 27 heavy (non-hydrogen) atoms. The number of carbonyl (C=O) groups excluding carboxylic acids is 1. The van der Waals surface area contributed by atoms with Crippen LogP contribution >= 0.6 is 0 Å². The highest BCUT2D eigenvalue weighted by molar-refractivity contribution is 5.95. The Morgan fingerprint density at radius 1 is 1.22 bits per heavy atom. The van der Waals surface area contributed by atoms with E-state index in [0.29, 0.717) is 18.2 Å². The lowest BCUT2D eigenvalue weighted by Gasteiger charge is -2.30. The molecule has 0 bridgehead atoms. The van der Waals surface area contributed by atoms with E-state index in [9.17, 15) is 15.0 Å². The number of hydrogen-bond donors (Lipinski definition) is 4. The second kappa shape index (κ2) is 9.94. The minimum Gasteiger partial charge on any atom is -0.507 e. The molecule has 0 aromatic heterocycles. The van der Waals surface area contributed by atoms with Gasteiger partial charge in [0.05, 0.1) is 11.7 Å². The topological polar surface area (TPSA) is 98.8 Å². The first-order valence-electron chi connectivity index (χ1n) is 9.27. The molecule has 0 saturated heterocycles. The number of nitrogens with two attached hydrogens (primary N) is 1. The summed E-state index contributed by atoms with van der Waals surface area (Å²) in [6.07, 6.45) is 0.146. The number of nitrogens with zero attached hydrogens (tertiary/aromatic N) is 1. The lowest BCUT2D eigenvalue weighted by atomic mass is 10.0. The molecule has 0 aliphatic carbocycles. The SMILES string of the molecule is CCN(c1ccccc1)C(C)CCNCC(O)c1ccc(O)c(C(N)=O)c1. The van der Waals surface area contributed by atoms with Gasteiger partial charge < -0.3 is 26.2 Å². The highest BCUT2D eigenvalue weighted by Crippen LogP contribution is 2.22. The second-order valence-electron chi connectivity index (χ2n) is 6.62. The molecule has 0 aliphatic rings. The molecule has 6 nitrogen and oxygen atoms in total. The van der Waals surface area contributed by atoms with E-state index in [1.807, 2.05) is 18.2 Å². The Hall–Kier alpha value is -2.57. The highest BCUT2D eigenvalue weighted by Gasteiger charge is 2.15. The molecule has 146 valence electrons. The molecule has 0 fully saturated rings. The molecule has 0 heterocycles. The monoisotopic (exact) mass is 371 g/mol. The van der Waals surface area contributed by atoms with Gasteiger partial charge in [-0.2, -0.15) is 0 Å². The fourth-order valence-electron chi connectivity index (χ4n) is 3.15. The van der Waals surface area contributed by atoms with Crippen LogP contribution in [0.15, 0.2) is 48.5 Å². The first-order valence-corrected chi connectivity index (χ1v) is 9.27. The van der Waals surface area contributed by atoms with Gasteiger partial charge in [0.1, 0.15) is 5.75 Å². The minimum absolute atomic E-state index is 0.0154. The second-order valence-corrected chi connectivity index (χ2v) is 6.62. The molecule has 0 aliphatic heterocycles. The van der Waals surface area contributed by atoms with E-state index in [4.69, 9.17) is 5.73 Å². The van der Waals surface area contributed by atoms with Crippen LogP contribution in [0, 0.1) is 0 Å². The Balaban J connectivity index is 1.84. The van der Waals surface area contributed by atoms with Gasteiger partial charge in [-0.1, -0.05) is 24.3 Å². The Morgan fingerprint density at radius 3 is 2.56 bits per heavy atom. The number of aliphatic hydroxyl groups excluding tert-OH is 1. The number of rotatable bonds is 10. The third-order valence-corrected chi connectivity index (χ3v) is 4.71. The van der Waals surface area contributed by atoms with Crippen LogP contribution < -0.4 is 16.0 Å². The number of benzene rings is 2. The van der Waals surface area contributed by atoms with Crippen molar-refractivity contribution in [1.29, 1.82) is 0 Å². The first kappa shape index (κ1) is 20.7.